The summed E-state index contributed by atoms with van der Waals surface area (Å²) >= 11 is 9.30. The highest BCUT2D eigenvalue weighted by Crippen LogP contribution is 2.34. The summed E-state index contributed by atoms with van der Waals surface area (Å²) in [6.07, 6.45) is 1.67. The summed E-state index contributed by atoms with van der Waals surface area (Å²) in [5.74, 6) is 1.05. The van der Waals surface area contributed by atoms with E-state index in [0.29, 0.717) is 35.5 Å². The lowest BCUT2D eigenvalue weighted by atomic mass is 10.00. The van der Waals surface area contributed by atoms with E-state index in [0.717, 1.165) is 29.7 Å². The highest BCUT2D eigenvalue weighted by Gasteiger charge is 2.33. The van der Waals surface area contributed by atoms with Gasteiger partial charge in [-0.05, 0) is 77.9 Å². The van der Waals surface area contributed by atoms with Crippen molar-refractivity contribution in [1.82, 2.24) is 9.80 Å². The quantitative estimate of drug-likeness (QED) is 0.319. The van der Waals surface area contributed by atoms with Gasteiger partial charge in [-0.3, -0.25) is 9.59 Å². The molecule has 1 aromatic carbocycles. The Balaban J connectivity index is 1.52. The summed E-state index contributed by atoms with van der Waals surface area (Å²) in [4.78, 5) is 32.4. The number of ether oxygens (including phenoxy) is 1. The van der Waals surface area contributed by atoms with Gasteiger partial charge < -0.3 is 14.5 Å². The zero-order valence-electron chi connectivity index (χ0n) is 20.3. The number of rotatable bonds is 9. The Kier molecular flexibility index (Phi) is 8.52. The fourth-order valence-corrected chi connectivity index (χ4v) is 5.97. The maximum absolute atomic E-state index is 13.6. The van der Waals surface area contributed by atoms with Gasteiger partial charge in [0.15, 0.2) is 0 Å². The van der Waals surface area contributed by atoms with Gasteiger partial charge in [-0.25, -0.2) is 0 Å². The number of amides is 2. The van der Waals surface area contributed by atoms with Crippen LogP contribution in [0.1, 0.15) is 52.0 Å². The Morgan fingerprint density at radius 1 is 1.20 bits per heavy atom. The normalized spacial score (nSPS) is 15.2. The first-order valence-electron chi connectivity index (χ1n) is 11.9. The van der Waals surface area contributed by atoms with E-state index in [2.05, 4.69) is 25.3 Å². The molecule has 0 bridgehead atoms. The number of carbonyl (C=O) groups excluding carboxylic acids is 2. The van der Waals surface area contributed by atoms with E-state index in [1.807, 2.05) is 47.5 Å². The van der Waals surface area contributed by atoms with Crippen molar-refractivity contribution in [2.45, 2.75) is 39.7 Å². The third kappa shape index (κ3) is 6.26. The van der Waals surface area contributed by atoms with Crippen LogP contribution >= 0.6 is 34.3 Å². The first kappa shape index (κ1) is 25.7. The van der Waals surface area contributed by atoms with Crippen LogP contribution in [0.5, 0.6) is 5.75 Å². The van der Waals surface area contributed by atoms with Crippen molar-refractivity contribution < 1.29 is 14.3 Å². The van der Waals surface area contributed by atoms with Gasteiger partial charge in [0.2, 0.25) is 5.91 Å². The molecule has 0 radical (unpaired) electrons. The van der Waals surface area contributed by atoms with Crippen molar-refractivity contribution in [1.29, 1.82) is 0 Å². The molecule has 0 fully saturated rings. The standard InChI is InChI=1S/C27H31ClN2O3S2/c1-18(2)8-11-29(27(32)25-5-4-13-34-25)16-26(31)30-12-9-24-21(10-14-35-24)23(30)17-33-20-6-7-22(28)19(3)15-20/h4-7,10,13-15,18,23H,8-9,11-12,16-17H2,1-3H3. The number of benzene rings is 1. The lowest BCUT2D eigenvalue weighted by molar-refractivity contribution is -0.135. The SMILES string of the molecule is Cc1cc(OCC2c3ccsc3CCN2C(=O)CN(CCC(C)C)C(=O)c2cccs2)ccc1Cl. The van der Waals surface area contributed by atoms with E-state index in [4.69, 9.17) is 16.3 Å². The molecule has 1 aliphatic rings. The summed E-state index contributed by atoms with van der Waals surface area (Å²) in [7, 11) is 0. The molecule has 0 N–H and O–H groups in total. The van der Waals surface area contributed by atoms with Gasteiger partial charge in [0, 0.05) is 23.0 Å². The first-order valence-corrected chi connectivity index (χ1v) is 14.0. The second-order valence-electron chi connectivity index (χ2n) is 9.26. The number of halogens is 1. The average Bonchev–Trinajstić information content (AvgIpc) is 3.54. The molecule has 2 aromatic heterocycles. The van der Waals surface area contributed by atoms with Crippen molar-refractivity contribution in [2.24, 2.45) is 5.92 Å². The van der Waals surface area contributed by atoms with Crippen LogP contribution in [0.2, 0.25) is 5.02 Å². The molecule has 2 amide bonds. The van der Waals surface area contributed by atoms with E-state index in [1.54, 1.807) is 16.2 Å². The molecule has 0 saturated carbocycles. The molecule has 3 aromatic rings. The molecule has 1 atom stereocenters. The highest BCUT2D eigenvalue weighted by molar-refractivity contribution is 7.12. The summed E-state index contributed by atoms with van der Waals surface area (Å²) < 4.78 is 6.15. The summed E-state index contributed by atoms with van der Waals surface area (Å²) in [5.41, 5.74) is 2.09. The predicted molar refractivity (Wildman–Crippen MR) is 144 cm³/mol. The lowest BCUT2D eigenvalue weighted by Crippen LogP contribution is -2.48. The molecular formula is C27H31ClN2O3S2. The summed E-state index contributed by atoms with van der Waals surface area (Å²) in [5, 5.41) is 4.67. The lowest BCUT2D eigenvalue weighted by Gasteiger charge is -2.37. The molecule has 5 nitrogen and oxygen atoms in total. The zero-order valence-corrected chi connectivity index (χ0v) is 22.7. The third-order valence-electron chi connectivity index (χ3n) is 6.27. The molecular weight excluding hydrogens is 500 g/mol. The molecule has 3 heterocycles. The minimum Gasteiger partial charge on any atom is -0.491 e. The van der Waals surface area contributed by atoms with Crippen molar-refractivity contribution in [3.8, 4) is 5.75 Å². The van der Waals surface area contributed by atoms with Crippen molar-refractivity contribution >= 4 is 46.1 Å². The molecule has 0 aliphatic carbocycles. The Labute approximate surface area is 220 Å². The largest absolute Gasteiger partial charge is 0.491 e. The van der Waals surface area contributed by atoms with Crippen LogP contribution < -0.4 is 4.74 Å². The molecule has 186 valence electrons. The second-order valence-corrected chi connectivity index (χ2v) is 11.6. The number of hydrogen-bond acceptors (Lipinski definition) is 5. The minimum atomic E-state index is -0.197. The first-order chi connectivity index (χ1) is 16.8. The maximum Gasteiger partial charge on any atom is 0.264 e. The highest BCUT2D eigenvalue weighted by atomic mass is 35.5. The number of fused-ring (bicyclic) bond motifs is 1. The van der Waals surface area contributed by atoms with E-state index in [-0.39, 0.29) is 24.4 Å². The summed E-state index contributed by atoms with van der Waals surface area (Å²) in [6, 6.07) is 11.2. The molecule has 35 heavy (non-hydrogen) atoms. The van der Waals surface area contributed by atoms with Gasteiger partial charge in [0.1, 0.15) is 18.9 Å². The summed E-state index contributed by atoms with van der Waals surface area (Å²) in [6.45, 7) is 7.79. The Morgan fingerprint density at radius 3 is 2.74 bits per heavy atom. The van der Waals surface area contributed by atoms with Crippen LogP contribution in [0.3, 0.4) is 0 Å². The van der Waals surface area contributed by atoms with E-state index < -0.39 is 0 Å². The monoisotopic (exact) mass is 530 g/mol. The Bertz CT molecular complexity index is 1160. The topological polar surface area (TPSA) is 49.9 Å². The number of thiophene rings is 2. The average molecular weight is 531 g/mol. The predicted octanol–water partition coefficient (Wildman–Crippen LogP) is 6.46. The number of nitrogens with zero attached hydrogens (tertiary/aromatic N) is 2. The molecule has 0 spiro atoms. The molecule has 0 saturated heterocycles. The molecule has 8 heteroatoms. The van der Waals surface area contributed by atoms with Crippen LogP contribution in [0, 0.1) is 12.8 Å². The van der Waals surface area contributed by atoms with E-state index in [9.17, 15) is 9.59 Å². The van der Waals surface area contributed by atoms with Gasteiger partial charge in [0.05, 0.1) is 10.9 Å². The van der Waals surface area contributed by atoms with Gasteiger partial charge >= 0.3 is 0 Å². The van der Waals surface area contributed by atoms with Crippen LogP contribution in [0.4, 0.5) is 0 Å². The van der Waals surface area contributed by atoms with Crippen LogP contribution in [0.25, 0.3) is 0 Å². The molecule has 4 rings (SSSR count). The fourth-order valence-electron chi connectivity index (χ4n) is 4.23. The second kappa shape index (κ2) is 11.6. The van der Waals surface area contributed by atoms with Crippen LogP contribution in [-0.2, 0) is 11.2 Å². The molecule has 1 aliphatic heterocycles. The van der Waals surface area contributed by atoms with E-state index in [1.165, 1.54) is 16.2 Å². The Morgan fingerprint density at radius 2 is 2.03 bits per heavy atom. The fraction of sp³-hybridized carbons (Fsp3) is 0.407. The Hall–Kier alpha value is -2.35. The van der Waals surface area contributed by atoms with Gasteiger partial charge in [0.25, 0.3) is 5.91 Å². The number of aryl methyl sites for hydroxylation is 1. The van der Waals surface area contributed by atoms with Gasteiger partial charge in [-0.1, -0.05) is 31.5 Å². The van der Waals surface area contributed by atoms with Crippen molar-refractivity contribution in [3.63, 3.8) is 0 Å². The minimum absolute atomic E-state index is 0.0450. The number of carbonyl (C=O) groups is 2. The molecule has 1 unspecified atom stereocenters. The third-order valence-corrected chi connectivity index (χ3v) is 8.55. The van der Waals surface area contributed by atoms with Crippen LogP contribution in [0.15, 0.2) is 47.2 Å². The van der Waals surface area contributed by atoms with Crippen molar-refractivity contribution in [2.75, 3.05) is 26.2 Å². The van der Waals surface area contributed by atoms with Crippen LogP contribution in [-0.4, -0.2) is 47.9 Å². The smallest absolute Gasteiger partial charge is 0.264 e. The zero-order chi connectivity index (χ0) is 24.9. The van der Waals surface area contributed by atoms with Gasteiger partial charge in [-0.2, -0.15) is 0 Å². The van der Waals surface area contributed by atoms with Crippen molar-refractivity contribution in [3.05, 3.63) is 73.1 Å². The van der Waals surface area contributed by atoms with E-state index >= 15 is 0 Å². The maximum atomic E-state index is 13.6. The number of hydrogen-bond donors (Lipinski definition) is 0. The van der Waals surface area contributed by atoms with Gasteiger partial charge in [-0.15, -0.1) is 22.7 Å².